The number of carbonyl (C=O) groups is 1. The molecule has 0 bridgehead atoms. The normalized spacial score (nSPS) is 21.6. The van der Waals surface area contributed by atoms with Gasteiger partial charge in [-0.3, -0.25) is 4.79 Å². The van der Waals surface area contributed by atoms with Crippen LogP contribution in [0.15, 0.2) is 48.5 Å². The van der Waals surface area contributed by atoms with Crippen molar-refractivity contribution in [3.63, 3.8) is 0 Å². The molecular formula is C15H12O4. The number of aromatic hydroxyl groups is 1. The number of carbonyl (C=O) groups excluding carboxylic acids is 1. The number of hydrogen-bond acceptors (Lipinski definition) is 4. The zero-order chi connectivity index (χ0) is 13.4. The van der Waals surface area contributed by atoms with E-state index in [1.807, 2.05) is 0 Å². The molecule has 19 heavy (non-hydrogen) atoms. The minimum atomic E-state index is -1.32. The van der Waals surface area contributed by atoms with Crippen LogP contribution < -0.4 is 4.74 Å². The Morgan fingerprint density at radius 3 is 2.47 bits per heavy atom. The molecule has 0 radical (unpaired) electrons. The SMILES string of the molecule is O=C1c2ccccc2O[C@H](c2ccccc2O)[C@H]1O. The lowest BCUT2D eigenvalue weighted by atomic mass is 9.93. The summed E-state index contributed by atoms with van der Waals surface area (Å²) in [5, 5.41) is 19.9. The van der Waals surface area contributed by atoms with E-state index in [9.17, 15) is 15.0 Å². The summed E-state index contributed by atoms with van der Waals surface area (Å²) >= 11 is 0. The topological polar surface area (TPSA) is 66.8 Å². The quantitative estimate of drug-likeness (QED) is 0.819. The summed E-state index contributed by atoms with van der Waals surface area (Å²) in [5.41, 5.74) is 0.763. The number of aliphatic hydroxyl groups excluding tert-OH is 1. The molecule has 2 N–H and O–H groups in total. The van der Waals surface area contributed by atoms with E-state index in [1.54, 1.807) is 42.5 Å². The molecule has 2 aromatic rings. The largest absolute Gasteiger partial charge is 0.508 e. The number of aliphatic hydroxyl groups is 1. The van der Waals surface area contributed by atoms with Gasteiger partial charge in [-0.1, -0.05) is 30.3 Å². The number of phenols is 1. The number of ether oxygens (including phenoxy) is 1. The fourth-order valence-corrected chi connectivity index (χ4v) is 2.23. The van der Waals surface area contributed by atoms with Crippen molar-refractivity contribution in [2.75, 3.05) is 0 Å². The Kier molecular flexibility index (Phi) is 2.72. The smallest absolute Gasteiger partial charge is 0.199 e. The van der Waals surface area contributed by atoms with Crippen molar-refractivity contribution in [3.05, 3.63) is 59.7 Å². The van der Waals surface area contributed by atoms with Crippen LogP contribution in [0.4, 0.5) is 0 Å². The van der Waals surface area contributed by atoms with Gasteiger partial charge >= 0.3 is 0 Å². The van der Waals surface area contributed by atoms with E-state index in [0.29, 0.717) is 16.9 Å². The first kappa shape index (κ1) is 11.7. The monoisotopic (exact) mass is 256 g/mol. The van der Waals surface area contributed by atoms with Crippen LogP contribution in [0.2, 0.25) is 0 Å². The Hall–Kier alpha value is -2.33. The third-order valence-electron chi connectivity index (χ3n) is 3.21. The third-order valence-corrected chi connectivity index (χ3v) is 3.21. The van der Waals surface area contributed by atoms with Crippen molar-refractivity contribution in [3.8, 4) is 11.5 Å². The van der Waals surface area contributed by atoms with Crippen LogP contribution in [-0.2, 0) is 0 Å². The molecule has 4 heteroatoms. The van der Waals surface area contributed by atoms with Gasteiger partial charge in [-0.25, -0.2) is 0 Å². The maximum atomic E-state index is 12.1. The van der Waals surface area contributed by atoms with E-state index >= 15 is 0 Å². The minimum absolute atomic E-state index is 0.00117. The Morgan fingerprint density at radius 2 is 1.68 bits per heavy atom. The van der Waals surface area contributed by atoms with Crippen LogP contribution in [0.1, 0.15) is 22.0 Å². The average molecular weight is 256 g/mol. The van der Waals surface area contributed by atoms with E-state index in [2.05, 4.69) is 0 Å². The number of ketones is 1. The molecule has 1 heterocycles. The highest BCUT2D eigenvalue weighted by Gasteiger charge is 2.37. The zero-order valence-corrected chi connectivity index (χ0v) is 9.98. The van der Waals surface area contributed by atoms with Gasteiger partial charge in [-0.05, 0) is 18.2 Å². The van der Waals surface area contributed by atoms with Crippen LogP contribution in [-0.4, -0.2) is 22.1 Å². The van der Waals surface area contributed by atoms with Gasteiger partial charge in [0.15, 0.2) is 18.0 Å². The van der Waals surface area contributed by atoms with Gasteiger partial charge in [-0.15, -0.1) is 0 Å². The number of rotatable bonds is 1. The average Bonchev–Trinajstić information content (AvgIpc) is 2.44. The van der Waals surface area contributed by atoms with E-state index in [0.717, 1.165) is 0 Å². The number of para-hydroxylation sites is 2. The van der Waals surface area contributed by atoms with Crippen molar-refractivity contribution in [1.29, 1.82) is 0 Å². The molecule has 0 spiro atoms. The lowest BCUT2D eigenvalue weighted by molar-refractivity contribution is 0.0209. The predicted molar refractivity (Wildman–Crippen MR) is 68.3 cm³/mol. The molecule has 2 atom stereocenters. The summed E-state index contributed by atoms with van der Waals surface area (Å²) < 4.78 is 5.65. The van der Waals surface area contributed by atoms with Gasteiger partial charge in [0.2, 0.25) is 0 Å². The Balaban J connectivity index is 2.07. The molecule has 3 rings (SSSR count). The van der Waals surface area contributed by atoms with E-state index in [-0.39, 0.29) is 5.75 Å². The Labute approximate surface area is 109 Å². The van der Waals surface area contributed by atoms with Crippen molar-refractivity contribution in [2.45, 2.75) is 12.2 Å². The predicted octanol–water partition coefficient (Wildman–Crippen LogP) is 2.07. The minimum Gasteiger partial charge on any atom is -0.508 e. The van der Waals surface area contributed by atoms with Crippen LogP contribution in [0, 0.1) is 0 Å². The molecule has 2 aromatic carbocycles. The second kappa shape index (κ2) is 4.40. The summed E-state index contributed by atoms with van der Waals surface area (Å²) in [6, 6.07) is 13.3. The molecule has 1 aliphatic rings. The highest BCUT2D eigenvalue weighted by Crippen LogP contribution is 2.37. The van der Waals surface area contributed by atoms with Crippen molar-refractivity contribution in [1.82, 2.24) is 0 Å². The molecule has 0 saturated carbocycles. The molecule has 0 aliphatic carbocycles. The van der Waals surface area contributed by atoms with Crippen LogP contribution in [0.5, 0.6) is 11.5 Å². The first-order valence-corrected chi connectivity index (χ1v) is 5.94. The molecular weight excluding hydrogens is 244 g/mol. The second-order valence-corrected chi connectivity index (χ2v) is 4.40. The first-order valence-electron chi connectivity index (χ1n) is 5.94. The van der Waals surface area contributed by atoms with Crippen LogP contribution in [0.25, 0.3) is 0 Å². The zero-order valence-electron chi connectivity index (χ0n) is 9.98. The Morgan fingerprint density at radius 1 is 1.00 bits per heavy atom. The van der Waals surface area contributed by atoms with Gasteiger partial charge in [0.25, 0.3) is 0 Å². The third kappa shape index (κ3) is 1.86. The molecule has 1 aliphatic heterocycles. The summed E-state index contributed by atoms with van der Waals surface area (Å²) in [7, 11) is 0. The van der Waals surface area contributed by atoms with Crippen molar-refractivity contribution in [2.24, 2.45) is 0 Å². The van der Waals surface area contributed by atoms with Gasteiger partial charge in [0, 0.05) is 5.56 Å². The van der Waals surface area contributed by atoms with Crippen LogP contribution >= 0.6 is 0 Å². The van der Waals surface area contributed by atoms with E-state index < -0.39 is 18.0 Å². The van der Waals surface area contributed by atoms with Gasteiger partial charge < -0.3 is 14.9 Å². The Bertz CT molecular complexity index is 636. The summed E-state index contributed by atoms with van der Waals surface area (Å²) in [4.78, 5) is 12.1. The maximum absolute atomic E-state index is 12.1. The highest BCUT2D eigenvalue weighted by atomic mass is 16.5. The molecule has 4 nitrogen and oxygen atoms in total. The number of Topliss-reactive ketones (excluding diaryl/α,β-unsaturated/α-hetero) is 1. The van der Waals surface area contributed by atoms with Crippen molar-refractivity contribution >= 4 is 5.78 Å². The van der Waals surface area contributed by atoms with Gasteiger partial charge in [0.1, 0.15) is 11.5 Å². The van der Waals surface area contributed by atoms with Crippen LogP contribution in [0.3, 0.4) is 0 Å². The molecule has 0 amide bonds. The standard InChI is InChI=1S/C15H12O4/c16-11-7-3-1-5-9(11)15-14(18)13(17)10-6-2-4-8-12(10)19-15/h1-8,14-16,18H/t14-,15+/m0/s1. The second-order valence-electron chi connectivity index (χ2n) is 4.40. The fraction of sp³-hybridized carbons (Fsp3) is 0.133. The highest BCUT2D eigenvalue weighted by molar-refractivity contribution is 6.03. The van der Waals surface area contributed by atoms with Gasteiger partial charge in [-0.2, -0.15) is 0 Å². The summed E-state index contributed by atoms with van der Waals surface area (Å²) in [6.45, 7) is 0. The summed E-state index contributed by atoms with van der Waals surface area (Å²) in [6.07, 6.45) is -2.20. The number of benzene rings is 2. The maximum Gasteiger partial charge on any atom is 0.199 e. The van der Waals surface area contributed by atoms with E-state index in [4.69, 9.17) is 4.74 Å². The number of fused-ring (bicyclic) bond motifs is 1. The fourth-order valence-electron chi connectivity index (χ4n) is 2.23. The molecule has 0 aromatic heterocycles. The lowest BCUT2D eigenvalue weighted by Crippen LogP contribution is -2.36. The summed E-state index contributed by atoms with van der Waals surface area (Å²) in [5.74, 6) is 0.0277. The molecule has 0 fully saturated rings. The molecule has 96 valence electrons. The molecule has 0 unspecified atom stereocenters. The first-order chi connectivity index (χ1) is 9.18. The van der Waals surface area contributed by atoms with Crippen molar-refractivity contribution < 1.29 is 19.7 Å². The number of hydrogen-bond donors (Lipinski definition) is 2. The number of phenolic OH excluding ortho intramolecular Hbond substituents is 1. The van der Waals surface area contributed by atoms with E-state index in [1.165, 1.54) is 6.07 Å². The van der Waals surface area contributed by atoms with Gasteiger partial charge in [0.05, 0.1) is 5.56 Å². The lowest BCUT2D eigenvalue weighted by Gasteiger charge is -2.29. The molecule has 0 saturated heterocycles.